The van der Waals surface area contributed by atoms with Crippen LogP contribution in [0.3, 0.4) is 0 Å². The summed E-state index contributed by atoms with van der Waals surface area (Å²) in [5, 5.41) is 12.7. The number of rotatable bonds is 7. The summed E-state index contributed by atoms with van der Waals surface area (Å²) < 4.78 is 6.72. The molecule has 10 nitrogen and oxygen atoms in total. The van der Waals surface area contributed by atoms with Crippen molar-refractivity contribution in [3.63, 3.8) is 0 Å². The fourth-order valence-electron chi connectivity index (χ4n) is 7.09. The molecular weight excluding hydrogens is 554 g/mol. The second-order valence-corrected chi connectivity index (χ2v) is 12.9. The maximum absolute atomic E-state index is 12.7. The number of aromatic amines is 1. The summed E-state index contributed by atoms with van der Waals surface area (Å²) in [6, 6.07) is 15.9. The zero-order valence-corrected chi connectivity index (χ0v) is 26.3. The van der Waals surface area contributed by atoms with E-state index >= 15 is 0 Å². The Balaban J connectivity index is 0.000000157. The zero-order chi connectivity index (χ0) is 30.8. The third kappa shape index (κ3) is 6.61. The average molecular weight is 600 g/mol. The predicted octanol–water partition coefficient (Wildman–Crippen LogP) is 4.24. The molecule has 4 aromatic rings. The number of likely N-dealkylation sites (N-methyl/N-ethyl adjacent to an activating group) is 1. The Labute approximate surface area is 259 Å². The lowest BCUT2D eigenvalue weighted by Crippen LogP contribution is -2.55. The van der Waals surface area contributed by atoms with Crippen LogP contribution in [-0.4, -0.2) is 95.0 Å². The van der Waals surface area contributed by atoms with Crippen molar-refractivity contribution in [2.75, 3.05) is 34.3 Å². The molecule has 0 unspecified atom stereocenters. The Morgan fingerprint density at radius 2 is 1.86 bits per heavy atom. The van der Waals surface area contributed by atoms with E-state index in [1.807, 2.05) is 31.3 Å². The molecule has 10 heteroatoms. The number of aromatic nitrogens is 3. The highest BCUT2D eigenvalue weighted by Gasteiger charge is 2.36. The third-order valence-corrected chi connectivity index (χ3v) is 9.53. The number of H-pyrrole nitrogens is 1. The quantitative estimate of drug-likeness (QED) is 0.293. The van der Waals surface area contributed by atoms with Crippen LogP contribution in [0, 0.1) is 0 Å². The van der Waals surface area contributed by atoms with Gasteiger partial charge in [-0.05, 0) is 89.0 Å². The van der Waals surface area contributed by atoms with Crippen LogP contribution >= 0.6 is 0 Å². The maximum atomic E-state index is 12.7. The number of benzene rings is 2. The van der Waals surface area contributed by atoms with Gasteiger partial charge >= 0.3 is 6.09 Å². The van der Waals surface area contributed by atoms with Crippen LogP contribution in [-0.2, 0) is 24.6 Å². The molecule has 4 atom stereocenters. The van der Waals surface area contributed by atoms with E-state index in [0.717, 1.165) is 43.1 Å². The average Bonchev–Trinajstić information content (AvgIpc) is 3.69. The number of carbonyl (C=O) groups excluding carboxylic acids is 2. The number of ether oxygens (including phenoxy) is 1. The lowest BCUT2D eigenvalue weighted by molar-refractivity contribution is 0.0462. The number of cyclic esters (lactones) is 1. The molecular formula is C34H45N7O3. The molecule has 44 heavy (non-hydrogen) atoms. The van der Waals surface area contributed by atoms with Gasteiger partial charge in [-0.2, -0.15) is 5.10 Å². The van der Waals surface area contributed by atoms with Crippen molar-refractivity contribution in [2.45, 2.75) is 69.1 Å². The number of para-hydroxylation sites is 1. The molecule has 0 spiro atoms. The highest BCUT2D eigenvalue weighted by Crippen LogP contribution is 2.33. The summed E-state index contributed by atoms with van der Waals surface area (Å²) in [4.78, 5) is 31.8. The van der Waals surface area contributed by atoms with Crippen LogP contribution in [0.4, 0.5) is 4.79 Å². The molecule has 3 N–H and O–H groups in total. The molecule has 3 aliphatic heterocycles. The van der Waals surface area contributed by atoms with Crippen LogP contribution in [0.25, 0.3) is 21.8 Å². The number of hydrogen-bond acceptors (Lipinski definition) is 6. The van der Waals surface area contributed by atoms with Gasteiger partial charge in [-0.15, -0.1) is 0 Å². The lowest BCUT2D eigenvalue weighted by Gasteiger charge is -2.47. The van der Waals surface area contributed by atoms with Gasteiger partial charge in [0.1, 0.15) is 6.61 Å². The standard InChI is InChI=1S/C18H24N4O.C16H21N3O2/c1-21-13-6-5-7-14(21)11-12(10-13)19-18(23)17-15-8-3-4-9-16(15)22(2)20-17;1-19(2)6-5-12-9-17-15-4-3-11(8-14(12)15)7-13-10-21-16(20)18-13/h3-4,8-9,12-14H,5-7,10-11H2,1-2H3,(H,19,23);3-4,8-9,13,17H,5-7,10H2,1-2H3,(H,18,20)/t12-,13+,14-;13-/m.0/s1. The molecule has 2 aromatic heterocycles. The summed E-state index contributed by atoms with van der Waals surface area (Å²) in [5.74, 6) is -0.0329. The number of nitrogens with one attached hydrogen (secondary N) is 3. The normalized spacial score (nSPS) is 23.3. The molecule has 0 radical (unpaired) electrons. The zero-order valence-electron chi connectivity index (χ0n) is 26.3. The lowest BCUT2D eigenvalue weighted by atomic mass is 9.82. The molecule has 2 amide bonds. The fourth-order valence-corrected chi connectivity index (χ4v) is 7.09. The summed E-state index contributed by atoms with van der Waals surface area (Å²) in [5.41, 5.74) is 5.28. The smallest absolute Gasteiger partial charge is 0.407 e. The van der Waals surface area contributed by atoms with Gasteiger partial charge in [-0.1, -0.05) is 30.7 Å². The van der Waals surface area contributed by atoms with E-state index in [1.165, 1.54) is 41.3 Å². The van der Waals surface area contributed by atoms with Gasteiger partial charge in [-0.25, -0.2) is 4.79 Å². The van der Waals surface area contributed by atoms with Crippen molar-refractivity contribution >= 4 is 33.8 Å². The van der Waals surface area contributed by atoms with Crippen molar-refractivity contribution < 1.29 is 14.3 Å². The molecule has 3 aliphatic rings. The van der Waals surface area contributed by atoms with Gasteiger partial charge in [0, 0.05) is 54.2 Å². The summed E-state index contributed by atoms with van der Waals surface area (Å²) in [6.07, 6.45) is 9.57. The second-order valence-electron chi connectivity index (χ2n) is 12.9. The Kier molecular flexibility index (Phi) is 8.91. The maximum Gasteiger partial charge on any atom is 0.407 e. The second kappa shape index (κ2) is 13.0. The highest BCUT2D eigenvalue weighted by atomic mass is 16.6. The minimum absolute atomic E-state index is 0.0329. The van der Waals surface area contributed by atoms with E-state index < -0.39 is 0 Å². The van der Waals surface area contributed by atoms with Gasteiger partial charge in [0.15, 0.2) is 5.69 Å². The van der Waals surface area contributed by atoms with Crippen molar-refractivity contribution in [2.24, 2.45) is 7.05 Å². The van der Waals surface area contributed by atoms with E-state index in [0.29, 0.717) is 24.4 Å². The Morgan fingerprint density at radius 3 is 2.59 bits per heavy atom. The Morgan fingerprint density at radius 1 is 1.09 bits per heavy atom. The van der Waals surface area contributed by atoms with Gasteiger partial charge in [0.25, 0.3) is 5.91 Å². The first-order valence-corrected chi connectivity index (χ1v) is 15.9. The van der Waals surface area contributed by atoms with E-state index in [4.69, 9.17) is 4.74 Å². The van der Waals surface area contributed by atoms with Crippen LogP contribution in [0.15, 0.2) is 48.7 Å². The van der Waals surface area contributed by atoms with Gasteiger partial charge in [-0.3, -0.25) is 9.48 Å². The molecule has 234 valence electrons. The molecule has 3 fully saturated rings. The van der Waals surface area contributed by atoms with Crippen LogP contribution in [0.5, 0.6) is 0 Å². The first-order valence-electron chi connectivity index (χ1n) is 15.9. The number of amides is 2. The van der Waals surface area contributed by atoms with Crippen LogP contribution in [0.2, 0.25) is 0 Å². The molecule has 7 rings (SSSR count). The molecule has 2 aromatic carbocycles. The van der Waals surface area contributed by atoms with Crippen molar-refractivity contribution in [1.29, 1.82) is 0 Å². The molecule has 0 aliphatic carbocycles. The Hall–Kier alpha value is -3.89. The highest BCUT2D eigenvalue weighted by molar-refractivity contribution is 6.05. The number of fused-ring (bicyclic) bond motifs is 4. The first-order chi connectivity index (χ1) is 21.2. The monoisotopic (exact) mass is 599 g/mol. The summed E-state index contributed by atoms with van der Waals surface area (Å²) in [6.45, 7) is 1.49. The van der Waals surface area contributed by atoms with E-state index in [-0.39, 0.29) is 24.1 Å². The summed E-state index contributed by atoms with van der Waals surface area (Å²) in [7, 11) is 8.30. The van der Waals surface area contributed by atoms with Crippen molar-refractivity contribution in [1.82, 2.24) is 35.2 Å². The van der Waals surface area contributed by atoms with Crippen molar-refractivity contribution in [3.05, 3.63) is 65.5 Å². The first kappa shape index (κ1) is 30.1. The van der Waals surface area contributed by atoms with Crippen molar-refractivity contribution in [3.8, 4) is 0 Å². The SMILES string of the molecule is CN(C)CCc1c[nH]c2ccc(C[C@H]3COC(=O)N3)cc12.CN1[C@@H]2CCC[C@H]1C[C@@H](NC(=O)c1nn(C)c3ccccc13)C2. The van der Waals surface area contributed by atoms with Crippen LogP contribution < -0.4 is 10.6 Å². The van der Waals surface area contributed by atoms with E-state index in [9.17, 15) is 9.59 Å². The fraction of sp³-hybridized carbons (Fsp3) is 0.500. The minimum Gasteiger partial charge on any atom is -0.447 e. The number of carbonyl (C=O) groups is 2. The number of nitrogens with zero attached hydrogens (tertiary/aromatic N) is 4. The number of piperidine rings is 2. The van der Waals surface area contributed by atoms with Crippen LogP contribution in [0.1, 0.15) is 53.7 Å². The molecule has 0 saturated carbocycles. The van der Waals surface area contributed by atoms with E-state index in [1.54, 1.807) is 4.68 Å². The molecule has 3 saturated heterocycles. The number of alkyl carbamates (subject to hydrolysis) is 1. The van der Waals surface area contributed by atoms with Gasteiger partial charge in [0.05, 0.1) is 11.6 Å². The number of aryl methyl sites for hydroxylation is 1. The third-order valence-electron chi connectivity index (χ3n) is 9.53. The minimum atomic E-state index is -0.311. The molecule has 5 heterocycles. The topological polar surface area (TPSA) is 108 Å². The Bertz CT molecular complexity index is 1610. The largest absolute Gasteiger partial charge is 0.447 e. The number of hydrogen-bond donors (Lipinski definition) is 3. The predicted molar refractivity (Wildman–Crippen MR) is 173 cm³/mol. The summed E-state index contributed by atoms with van der Waals surface area (Å²) >= 11 is 0. The van der Waals surface area contributed by atoms with E-state index in [2.05, 4.69) is 76.1 Å². The van der Waals surface area contributed by atoms with Gasteiger partial charge in [0.2, 0.25) is 0 Å². The molecule has 2 bridgehead atoms. The van der Waals surface area contributed by atoms with Gasteiger partial charge < -0.3 is 30.2 Å².